The summed E-state index contributed by atoms with van der Waals surface area (Å²) in [5.74, 6) is 0.617. The monoisotopic (exact) mass is 245 g/mol. The van der Waals surface area contributed by atoms with E-state index in [0.717, 1.165) is 0 Å². The highest BCUT2D eigenvalue weighted by Gasteiger charge is 2.07. The Morgan fingerprint density at radius 3 is 2.80 bits per heavy atom. The Bertz CT molecular complexity index is 448. The zero-order valence-electron chi connectivity index (χ0n) is 7.45. The fourth-order valence-electron chi connectivity index (χ4n) is 0.871. The predicted molar refractivity (Wildman–Crippen MR) is 60.3 cm³/mol. The Balaban J connectivity index is 0.00000112. The molecule has 0 fully saturated rings. The molecule has 6 nitrogen and oxygen atoms in total. The van der Waals surface area contributed by atoms with Crippen LogP contribution in [0.2, 0.25) is 0 Å². The van der Waals surface area contributed by atoms with Crippen LogP contribution in [-0.4, -0.2) is 16.2 Å². The van der Waals surface area contributed by atoms with Crippen molar-refractivity contribution >= 4 is 34.8 Å². The van der Waals surface area contributed by atoms with Gasteiger partial charge in [0, 0.05) is 0 Å². The largest absolute Gasteiger partial charge is 0.462 e. The van der Waals surface area contributed by atoms with Crippen molar-refractivity contribution in [3.63, 3.8) is 0 Å². The summed E-state index contributed by atoms with van der Waals surface area (Å²) in [6.45, 7) is 0. The Labute approximate surface area is 95.4 Å². The number of hydrogen-bond acceptors (Lipinski definition) is 5. The third-order valence-electron chi connectivity index (χ3n) is 1.37. The summed E-state index contributed by atoms with van der Waals surface area (Å²) in [5, 5.41) is 8.70. The quantitative estimate of drug-likeness (QED) is 0.610. The van der Waals surface area contributed by atoms with Gasteiger partial charge in [-0.2, -0.15) is 4.99 Å². The van der Waals surface area contributed by atoms with Crippen molar-refractivity contribution in [1.82, 2.24) is 10.2 Å². The summed E-state index contributed by atoms with van der Waals surface area (Å²) in [4.78, 5) is 3.77. The average Bonchev–Trinajstić information content (AvgIpc) is 2.69. The second-order valence-electron chi connectivity index (χ2n) is 2.40. The first-order chi connectivity index (χ1) is 6.75. The molecule has 0 aliphatic rings. The van der Waals surface area contributed by atoms with Gasteiger partial charge in [0.15, 0.2) is 16.7 Å². The van der Waals surface area contributed by atoms with E-state index in [4.69, 9.17) is 15.9 Å². The number of aromatic nitrogens is 2. The second kappa shape index (κ2) is 4.76. The Kier molecular flexibility index (Phi) is 3.64. The molecule has 0 saturated heterocycles. The van der Waals surface area contributed by atoms with Crippen LogP contribution in [0.5, 0.6) is 0 Å². The number of halogens is 1. The minimum absolute atomic E-state index is 0. The number of furan rings is 1. The molecule has 0 bridgehead atoms. The fourth-order valence-corrected chi connectivity index (χ4v) is 1.57. The molecule has 2 aromatic heterocycles. The number of nitrogens with zero attached hydrogens (tertiary/aromatic N) is 3. The lowest BCUT2D eigenvalue weighted by molar-refractivity contribution is 0.581. The van der Waals surface area contributed by atoms with Gasteiger partial charge >= 0.3 is 0 Å². The van der Waals surface area contributed by atoms with Gasteiger partial charge in [0.2, 0.25) is 5.13 Å². The maximum absolute atomic E-state index is 5.20. The first kappa shape index (κ1) is 11.5. The SMILES string of the molecule is Cl.NC(N)=Nc1nnc(-c2ccco2)s1. The fraction of sp³-hybridized carbons (Fsp3) is 0. The Morgan fingerprint density at radius 1 is 1.40 bits per heavy atom. The third kappa shape index (κ3) is 2.67. The minimum Gasteiger partial charge on any atom is -0.462 e. The maximum atomic E-state index is 5.20. The number of aliphatic imine (C=N–C) groups is 1. The van der Waals surface area contributed by atoms with Crippen molar-refractivity contribution < 1.29 is 4.42 Å². The average molecular weight is 246 g/mol. The summed E-state index contributed by atoms with van der Waals surface area (Å²) >= 11 is 1.26. The van der Waals surface area contributed by atoms with Crippen LogP contribution < -0.4 is 11.5 Å². The molecule has 4 N–H and O–H groups in total. The van der Waals surface area contributed by atoms with Gasteiger partial charge in [-0.25, -0.2) is 0 Å². The molecule has 2 aromatic rings. The molecule has 0 aliphatic carbocycles. The molecule has 0 aromatic carbocycles. The summed E-state index contributed by atoms with van der Waals surface area (Å²) in [6.07, 6.45) is 1.57. The van der Waals surface area contributed by atoms with Crippen LogP contribution in [0, 0.1) is 0 Å². The smallest absolute Gasteiger partial charge is 0.235 e. The predicted octanol–water partition coefficient (Wildman–Crippen LogP) is 1.12. The van der Waals surface area contributed by atoms with Gasteiger partial charge < -0.3 is 15.9 Å². The molecule has 0 amide bonds. The molecule has 0 atom stereocenters. The molecule has 2 rings (SSSR count). The number of guanidine groups is 1. The van der Waals surface area contributed by atoms with E-state index in [1.54, 1.807) is 18.4 Å². The standard InChI is InChI=1S/C7H7N5OS.ClH/c8-6(9)10-7-12-11-5(14-7)4-2-1-3-13-4;/h1-3H,(H4,8,9,10,12);1H. The van der Waals surface area contributed by atoms with Crippen molar-refractivity contribution in [2.24, 2.45) is 16.5 Å². The lowest BCUT2D eigenvalue weighted by Gasteiger charge is -1.84. The zero-order chi connectivity index (χ0) is 9.97. The molecule has 0 aliphatic heterocycles. The van der Waals surface area contributed by atoms with Crippen molar-refractivity contribution in [2.45, 2.75) is 0 Å². The lowest BCUT2D eigenvalue weighted by atomic mass is 10.5. The van der Waals surface area contributed by atoms with Crippen LogP contribution in [0.3, 0.4) is 0 Å². The summed E-state index contributed by atoms with van der Waals surface area (Å²) in [6, 6.07) is 3.57. The van der Waals surface area contributed by atoms with E-state index in [1.807, 2.05) is 0 Å². The highest BCUT2D eigenvalue weighted by Crippen LogP contribution is 2.27. The van der Waals surface area contributed by atoms with Crippen LogP contribution in [0.1, 0.15) is 0 Å². The molecule has 2 heterocycles. The molecule has 80 valence electrons. The topological polar surface area (TPSA) is 103 Å². The van der Waals surface area contributed by atoms with Crippen molar-refractivity contribution in [3.05, 3.63) is 18.4 Å². The first-order valence-corrected chi connectivity index (χ1v) is 4.54. The molecule has 15 heavy (non-hydrogen) atoms. The molecule has 0 saturated carbocycles. The molecular weight excluding hydrogens is 238 g/mol. The van der Waals surface area contributed by atoms with E-state index in [-0.39, 0.29) is 18.4 Å². The summed E-state index contributed by atoms with van der Waals surface area (Å²) in [5.41, 5.74) is 10.4. The first-order valence-electron chi connectivity index (χ1n) is 3.73. The van der Waals surface area contributed by atoms with Gasteiger partial charge in [0.25, 0.3) is 0 Å². The minimum atomic E-state index is -0.0351. The summed E-state index contributed by atoms with van der Waals surface area (Å²) in [7, 11) is 0. The Hall–Kier alpha value is -1.60. The number of nitrogens with two attached hydrogens (primary N) is 2. The van der Waals surface area contributed by atoms with Gasteiger partial charge in [-0.3, -0.25) is 0 Å². The van der Waals surface area contributed by atoms with Gasteiger partial charge in [0.1, 0.15) is 0 Å². The normalized spacial score (nSPS) is 9.33. The van der Waals surface area contributed by atoms with E-state index in [9.17, 15) is 0 Å². The van der Waals surface area contributed by atoms with Crippen molar-refractivity contribution in [2.75, 3.05) is 0 Å². The molecule has 0 unspecified atom stereocenters. The van der Waals surface area contributed by atoms with Crippen LogP contribution in [0.4, 0.5) is 5.13 Å². The third-order valence-corrected chi connectivity index (χ3v) is 2.20. The molecule has 0 radical (unpaired) electrons. The van der Waals surface area contributed by atoms with Crippen LogP contribution in [0.15, 0.2) is 27.8 Å². The van der Waals surface area contributed by atoms with Gasteiger partial charge in [-0.15, -0.1) is 22.6 Å². The Morgan fingerprint density at radius 2 is 2.20 bits per heavy atom. The van der Waals surface area contributed by atoms with Crippen LogP contribution >= 0.6 is 23.7 Å². The highest BCUT2D eigenvalue weighted by molar-refractivity contribution is 7.18. The van der Waals surface area contributed by atoms with Gasteiger partial charge in [-0.1, -0.05) is 11.3 Å². The van der Waals surface area contributed by atoms with Gasteiger partial charge in [-0.05, 0) is 12.1 Å². The van der Waals surface area contributed by atoms with Crippen LogP contribution in [-0.2, 0) is 0 Å². The van der Waals surface area contributed by atoms with E-state index in [1.165, 1.54) is 11.3 Å². The van der Waals surface area contributed by atoms with E-state index < -0.39 is 0 Å². The zero-order valence-corrected chi connectivity index (χ0v) is 9.09. The number of hydrogen-bond donors (Lipinski definition) is 2. The van der Waals surface area contributed by atoms with E-state index in [2.05, 4.69) is 15.2 Å². The highest BCUT2D eigenvalue weighted by atomic mass is 35.5. The van der Waals surface area contributed by atoms with Crippen molar-refractivity contribution in [1.29, 1.82) is 0 Å². The maximum Gasteiger partial charge on any atom is 0.235 e. The molecule has 8 heteroatoms. The lowest BCUT2D eigenvalue weighted by Crippen LogP contribution is -2.21. The summed E-state index contributed by atoms with van der Waals surface area (Å²) < 4.78 is 5.13. The van der Waals surface area contributed by atoms with Crippen molar-refractivity contribution in [3.8, 4) is 10.8 Å². The number of rotatable bonds is 2. The molecule has 0 spiro atoms. The molecular formula is C7H8ClN5OS. The van der Waals surface area contributed by atoms with Crippen LogP contribution in [0.25, 0.3) is 10.8 Å². The van der Waals surface area contributed by atoms with E-state index in [0.29, 0.717) is 15.9 Å². The second-order valence-corrected chi connectivity index (χ2v) is 3.36. The van der Waals surface area contributed by atoms with E-state index >= 15 is 0 Å². The van der Waals surface area contributed by atoms with Gasteiger partial charge in [0.05, 0.1) is 6.26 Å².